The Kier molecular flexibility index (Phi) is 5.39. The molecule has 1 aromatic carbocycles. The molecular formula is C22H29N5O2. The first-order chi connectivity index (χ1) is 14.0. The second-order valence-corrected chi connectivity index (χ2v) is 8.64. The van der Waals surface area contributed by atoms with Gasteiger partial charge in [0, 0.05) is 30.5 Å². The van der Waals surface area contributed by atoms with Crippen molar-refractivity contribution in [2.24, 2.45) is 5.41 Å². The van der Waals surface area contributed by atoms with Crippen molar-refractivity contribution >= 4 is 11.8 Å². The number of hydrogen-bond donors (Lipinski definition) is 2. The Balaban J connectivity index is 1.61. The van der Waals surface area contributed by atoms with E-state index in [1.807, 2.05) is 35.2 Å². The topological polar surface area (TPSA) is 91.0 Å². The molecule has 154 valence electrons. The number of nitrogens with one attached hydrogen (secondary N) is 2. The SMILES string of the molecule is CC(=O)NC1CC(c2nc(-c3ccccc3)n[nH]2)N(C(=O)C2(C)CCCCC2)C1. The van der Waals surface area contributed by atoms with E-state index >= 15 is 0 Å². The highest BCUT2D eigenvalue weighted by Gasteiger charge is 2.45. The molecule has 7 nitrogen and oxygen atoms in total. The third-order valence-corrected chi connectivity index (χ3v) is 6.29. The molecule has 1 aliphatic heterocycles. The zero-order chi connectivity index (χ0) is 20.4. The number of nitrogens with zero attached hydrogens (tertiary/aromatic N) is 3. The third kappa shape index (κ3) is 4.04. The van der Waals surface area contributed by atoms with Crippen molar-refractivity contribution in [3.05, 3.63) is 36.2 Å². The molecule has 2 heterocycles. The van der Waals surface area contributed by atoms with Gasteiger partial charge in [0.15, 0.2) is 5.82 Å². The number of carbonyl (C=O) groups excluding carboxylic acids is 2. The van der Waals surface area contributed by atoms with Crippen LogP contribution in [0.2, 0.25) is 0 Å². The minimum absolute atomic E-state index is 0.0704. The fourth-order valence-electron chi connectivity index (χ4n) is 4.74. The molecule has 0 bridgehead atoms. The van der Waals surface area contributed by atoms with Crippen LogP contribution in [0.4, 0.5) is 0 Å². The largest absolute Gasteiger partial charge is 0.352 e. The molecule has 2 atom stereocenters. The maximum atomic E-state index is 13.6. The van der Waals surface area contributed by atoms with E-state index < -0.39 is 0 Å². The smallest absolute Gasteiger partial charge is 0.229 e. The van der Waals surface area contributed by atoms with Crippen molar-refractivity contribution in [1.29, 1.82) is 0 Å². The predicted octanol–water partition coefficient (Wildman–Crippen LogP) is 3.22. The Hall–Kier alpha value is -2.70. The number of carbonyl (C=O) groups is 2. The second kappa shape index (κ2) is 7.97. The summed E-state index contributed by atoms with van der Waals surface area (Å²) in [6.45, 7) is 4.12. The number of H-pyrrole nitrogens is 1. The van der Waals surface area contributed by atoms with Crippen LogP contribution in [-0.2, 0) is 9.59 Å². The molecule has 1 saturated carbocycles. The summed E-state index contributed by atoms with van der Waals surface area (Å²) in [7, 11) is 0. The lowest BCUT2D eigenvalue weighted by Gasteiger charge is -2.37. The zero-order valence-electron chi connectivity index (χ0n) is 17.1. The first-order valence-corrected chi connectivity index (χ1v) is 10.5. The van der Waals surface area contributed by atoms with Crippen molar-refractivity contribution in [2.75, 3.05) is 6.54 Å². The Morgan fingerprint density at radius 2 is 1.90 bits per heavy atom. The lowest BCUT2D eigenvalue weighted by atomic mass is 9.74. The van der Waals surface area contributed by atoms with Crippen LogP contribution in [0.5, 0.6) is 0 Å². The lowest BCUT2D eigenvalue weighted by Crippen LogP contribution is -2.45. The van der Waals surface area contributed by atoms with Gasteiger partial charge in [0.1, 0.15) is 5.82 Å². The zero-order valence-corrected chi connectivity index (χ0v) is 17.1. The van der Waals surface area contributed by atoms with E-state index in [9.17, 15) is 9.59 Å². The van der Waals surface area contributed by atoms with E-state index in [1.54, 1.807) is 0 Å². The van der Waals surface area contributed by atoms with Crippen LogP contribution in [0.1, 0.15) is 64.2 Å². The molecule has 2 unspecified atom stereocenters. The summed E-state index contributed by atoms with van der Waals surface area (Å²) in [4.78, 5) is 31.8. The lowest BCUT2D eigenvalue weighted by molar-refractivity contribution is -0.144. The number of rotatable bonds is 4. The normalized spacial score (nSPS) is 23.7. The van der Waals surface area contributed by atoms with Gasteiger partial charge >= 0.3 is 0 Å². The van der Waals surface area contributed by atoms with Crippen molar-refractivity contribution in [3.8, 4) is 11.4 Å². The summed E-state index contributed by atoms with van der Waals surface area (Å²) in [6.07, 6.45) is 5.87. The number of aromatic amines is 1. The number of aromatic nitrogens is 3. The van der Waals surface area contributed by atoms with Crippen molar-refractivity contribution in [3.63, 3.8) is 0 Å². The van der Waals surface area contributed by atoms with Gasteiger partial charge in [-0.15, -0.1) is 0 Å². The molecule has 0 radical (unpaired) electrons. The van der Waals surface area contributed by atoms with Crippen molar-refractivity contribution in [1.82, 2.24) is 25.4 Å². The number of benzene rings is 1. The molecule has 1 aromatic heterocycles. The van der Waals surface area contributed by atoms with Gasteiger partial charge in [-0.25, -0.2) is 4.98 Å². The van der Waals surface area contributed by atoms with Gasteiger partial charge < -0.3 is 10.2 Å². The Morgan fingerprint density at radius 3 is 2.59 bits per heavy atom. The van der Waals surface area contributed by atoms with E-state index in [2.05, 4.69) is 22.4 Å². The van der Waals surface area contributed by atoms with Gasteiger partial charge in [0.2, 0.25) is 11.8 Å². The minimum Gasteiger partial charge on any atom is -0.352 e. The minimum atomic E-state index is -0.329. The maximum Gasteiger partial charge on any atom is 0.229 e. The molecule has 2 aromatic rings. The third-order valence-electron chi connectivity index (χ3n) is 6.29. The summed E-state index contributed by atoms with van der Waals surface area (Å²) in [5.41, 5.74) is 0.604. The molecule has 2 amide bonds. The van der Waals surface area contributed by atoms with Gasteiger partial charge in [0.05, 0.1) is 6.04 Å². The highest BCUT2D eigenvalue weighted by atomic mass is 16.2. The molecule has 2 aliphatic rings. The predicted molar refractivity (Wildman–Crippen MR) is 110 cm³/mol. The van der Waals surface area contributed by atoms with Crippen molar-refractivity contribution < 1.29 is 9.59 Å². The molecule has 29 heavy (non-hydrogen) atoms. The standard InChI is InChI=1S/C22H29N5O2/c1-15(28)23-17-13-18(20-24-19(25-26-20)16-9-5-3-6-10-16)27(14-17)21(29)22(2)11-7-4-8-12-22/h3,5-6,9-10,17-18H,4,7-8,11-14H2,1-2H3,(H,23,28)(H,24,25,26). The maximum absolute atomic E-state index is 13.6. The summed E-state index contributed by atoms with van der Waals surface area (Å²) in [6, 6.07) is 9.52. The van der Waals surface area contributed by atoms with E-state index in [0.29, 0.717) is 24.6 Å². The van der Waals surface area contributed by atoms with Crippen LogP contribution >= 0.6 is 0 Å². The van der Waals surface area contributed by atoms with Crippen LogP contribution in [0.3, 0.4) is 0 Å². The van der Waals surface area contributed by atoms with E-state index in [1.165, 1.54) is 13.3 Å². The Morgan fingerprint density at radius 1 is 1.17 bits per heavy atom. The molecule has 2 N–H and O–H groups in total. The Labute approximate surface area is 171 Å². The second-order valence-electron chi connectivity index (χ2n) is 8.64. The molecule has 4 rings (SSSR count). The van der Waals surface area contributed by atoms with Crippen LogP contribution < -0.4 is 5.32 Å². The number of hydrogen-bond acceptors (Lipinski definition) is 4. The molecule has 1 aliphatic carbocycles. The van der Waals surface area contributed by atoms with Gasteiger partial charge in [0.25, 0.3) is 0 Å². The van der Waals surface area contributed by atoms with E-state index in [4.69, 9.17) is 4.98 Å². The first kappa shape index (κ1) is 19.6. The molecule has 7 heteroatoms. The fourth-order valence-corrected chi connectivity index (χ4v) is 4.74. The highest BCUT2D eigenvalue weighted by Crippen LogP contribution is 2.41. The molecule has 2 fully saturated rings. The van der Waals surface area contributed by atoms with Crippen LogP contribution in [0.15, 0.2) is 30.3 Å². The monoisotopic (exact) mass is 395 g/mol. The first-order valence-electron chi connectivity index (χ1n) is 10.5. The van der Waals surface area contributed by atoms with Crippen LogP contribution in [0, 0.1) is 5.41 Å². The number of likely N-dealkylation sites (tertiary alicyclic amines) is 1. The average molecular weight is 396 g/mol. The molecule has 1 saturated heterocycles. The summed E-state index contributed by atoms with van der Waals surface area (Å²) in [5, 5.41) is 10.4. The van der Waals surface area contributed by atoms with Gasteiger partial charge in [-0.05, 0) is 19.3 Å². The summed E-state index contributed by atoms with van der Waals surface area (Å²) < 4.78 is 0. The summed E-state index contributed by atoms with van der Waals surface area (Å²) >= 11 is 0. The molecule has 0 spiro atoms. The van der Waals surface area contributed by atoms with Crippen molar-refractivity contribution in [2.45, 2.75) is 64.5 Å². The highest BCUT2D eigenvalue weighted by molar-refractivity contribution is 5.83. The van der Waals surface area contributed by atoms with E-state index in [0.717, 1.165) is 31.2 Å². The van der Waals surface area contributed by atoms with Crippen LogP contribution in [-0.4, -0.2) is 44.5 Å². The van der Waals surface area contributed by atoms with E-state index in [-0.39, 0.29) is 29.3 Å². The van der Waals surface area contributed by atoms with Crippen LogP contribution in [0.25, 0.3) is 11.4 Å². The van der Waals surface area contributed by atoms with Gasteiger partial charge in [-0.2, -0.15) is 5.10 Å². The number of amides is 2. The Bertz CT molecular complexity index is 872. The fraction of sp³-hybridized carbons (Fsp3) is 0.545. The van der Waals surface area contributed by atoms with Gasteiger partial charge in [-0.3, -0.25) is 14.7 Å². The van der Waals surface area contributed by atoms with Gasteiger partial charge in [-0.1, -0.05) is 56.5 Å². The summed E-state index contributed by atoms with van der Waals surface area (Å²) in [5.74, 6) is 1.41. The molecular weight excluding hydrogens is 366 g/mol. The average Bonchev–Trinajstić information content (AvgIpc) is 3.35. The quantitative estimate of drug-likeness (QED) is 0.832.